The first-order valence-electron chi connectivity index (χ1n) is 2.59. The van der Waals surface area contributed by atoms with E-state index in [4.69, 9.17) is 4.55 Å². The van der Waals surface area contributed by atoms with Crippen LogP contribution in [0.5, 0.6) is 0 Å². The van der Waals surface area contributed by atoms with E-state index in [9.17, 15) is 13.2 Å². The zero-order valence-electron chi connectivity index (χ0n) is 5.15. The molecule has 0 spiro atoms. The predicted molar refractivity (Wildman–Crippen MR) is 39.6 cm³/mol. The molecule has 4 nitrogen and oxygen atoms in total. The molecule has 0 saturated carbocycles. The molecule has 0 rings (SSSR count). The minimum Gasteiger partial charge on any atom is -0.280 e. The second kappa shape index (κ2) is 3.95. The van der Waals surface area contributed by atoms with Crippen molar-refractivity contribution in [3.05, 3.63) is 0 Å². The van der Waals surface area contributed by atoms with Crippen LogP contribution in [0.25, 0.3) is 0 Å². The molecule has 0 fully saturated rings. The molecule has 0 aliphatic heterocycles. The van der Waals surface area contributed by atoms with Crippen molar-refractivity contribution in [3.8, 4) is 0 Å². The summed E-state index contributed by atoms with van der Waals surface area (Å²) in [5, 5.41) is -1.14. The zero-order valence-corrected chi connectivity index (χ0v) is 6.86. The fourth-order valence-electron chi connectivity index (χ4n) is 0.352. The van der Waals surface area contributed by atoms with E-state index in [1.807, 2.05) is 0 Å². The Morgan fingerprint density at radius 1 is 1.50 bits per heavy atom. The number of thiol groups is 1. The van der Waals surface area contributed by atoms with Crippen LogP contribution in [0, 0.1) is 0 Å². The molecule has 6 heteroatoms. The van der Waals surface area contributed by atoms with Gasteiger partial charge in [-0.3, -0.25) is 9.35 Å². The monoisotopic (exact) mass is 184 g/mol. The standard InChI is InChI=1S/C4H8O4S2/c5-4(2-1-3-9)10(6,7)8/h9H,1-3H2,(H,6,7,8). The average Bonchev–Trinajstić information content (AvgIpc) is 1.80. The van der Waals surface area contributed by atoms with E-state index in [0.717, 1.165) is 0 Å². The Morgan fingerprint density at radius 2 is 2.00 bits per heavy atom. The van der Waals surface area contributed by atoms with Gasteiger partial charge in [-0.1, -0.05) is 0 Å². The number of hydrogen-bond donors (Lipinski definition) is 2. The second-order valence-corrected chi connectivity index (χ2v) is 3.53. The van der Waals surface area contributed by atoms with Crippen molar-refractivity contribution >= 4 is 27.9 Å². The van der Waals surface area contributed by atoms with Crippen LogP contribution in [0.4, 0.5) is 0 Å². The molecule has 0 aromatic heterocycles. The Labute approximate surface area is 64.8 Å². The van der Waals surface area contributed by atoms with Crippen molar-refractivity contribution in [3.63, 3.8) is 0 Å². The summed E-state index contributed by atoms with van der Waals surface area (Å²) in [7, 11) is -4.45. The van der Waals surface area contributed by atoms with Gasteiger partial charge in [-0.05, 0) is 12.2 Å². The Morgan fingerprint density at radius 3 is 2.30 bits per heavy atom. The van der Waals surface area contributed by atoms with E-state index in [2.05, 4.69) is 12.6 Å². The highest BCUT2D eigenvalue weighted by Crippen LogP contribution is 1.97. The lowest BCUT2D eigenvalue weighted by Gasteiger charge is -1.92. The van der Waals surface area contributed by atoms with Gasteiger partial charge in [-0.2, -0.15) is 21.0 Å². The van der Waals surface area contributed by atoms with Crippen LogP contribution in [0.1, 0.15) is 12.8 Å². The van der Waals surface area contributed by atoms with Gasteiger partial charge < -0.3 is 0 Å². The minimum absolute atomic E-state index is 0.164. The minimum atomic E-state index is -4.45. The molecule has 60 valence electrons. The van der Waals surface area contributed by atoms with Gasteiger partial charge in [0.15, 0.2) is 0 Å². The third-order valence-corrected chi connectivity index (χ3v) is 1.92. The zero-order chi connectivity index (χ0) is 8.20. The van der Waals surface area contributed by atoms with Crippen LogP contribution < -0.4 is 0 Å². The highest BCUT2D eigenvalue weighted by molar-refractivity contribution is 8.01. The lowest BCUT2D eigenvalue weighted by atomic mass is 10.4. The molecule has 0 unspecified atom stereocenters. The molecule has 0 aromatic carbocycles. The van der Waals surface area contributed by atoms with Gasteiger partial charge in [0.2, 0.25) is 0 Å². The largest absolute Gasteiger partial charge is 0.328 e. The third-order valence-electron chi connectivity index (χ3n) is 0.827. The summed E-state index contributed by atoms with van der Waals surface area (Å²) in [6.07, 6.45) is 0.198. The molecule has 0 atom stereocenters. The summed E-state index contributed by atoms with van der Waals surface area (Å²) in [6.45, 7) is 0. The smallest absolute Gasteiger partial charge is 0.280 e. The Bertz CT molecular complexity index is 205. The summed E-state index contributed by atoms with van der Waals surface area (Å²) in [5.74, 6) is 0.432. The van der Waals surface area contributed by atoms with Crippen molar-refractivity contribution in [1.29, 1.82) is 0 Å². The SMILES string of the molecule is O=C(CCCS)S(=O)(=O)O. The number of hydrogen-bond acceptors (Lipinski definition) is 4. The van der Waals surface area contributed by atoms with Gasteiger partial charge in [0, 0.05) is 6.42 Å². The van der Waals surface area contributed by atoms with E-state index in [0.29, 0.717) is 12.2 Å². The molecule has 0 radical (unpaired) electrons. The summed E-state index contributed by atoms with van der Waals surface area (Å²) >= 11 is 3.76. The van der Waals surface area contributed by atoms with Crippen molar-refractivity contribution in [2.75, 3.05) is 5.75 Å². The first-order chi connectivity index (χ1) is 4.48. The Kier molecular flexibility index (Phi) is 3.92. The topological polar surface area (TPSA) is 71.4 Å². The van der Waals surface area contributed by atoms with Crippen LogP contribution in [0.2, 0.25) is 0 Å². The maximum atomic E-state index is 10.4. The van der Waals surface area contributed by atoms with Crippen LogP contribution in [-0.2, 0) is 14.9 Å². The van der Waals surface area contributed by atoms with Gasteiger partial charge in [0.1, 0.15) is 0 Å². The van der Waals surface area contributed by atoms with Crippen LogP contribution in [0.3, 0.4) is 0 Å². The van der Waals surface area contributed by atoms with Crippen LogP contribution >= 0.6 is 12.6 Å². The molecule has 1 N–H and O–H groups in total. The quantitative estimate of drug-likeness (QED) is 0.482. The maximum absolute atomic E-state index is 10.4. The van der Waals surface area contributed by atoms with E-state index < -0.39 is 15.2 Å². The molecule has 0 aliphatic rings. The van der Waals surface area contributed by atoms with Gasteiger partial charge in [-0.15, -0.1) is 0 Å². The van der Waals surface area contributed by atoms with E-state index in [1.54, 1.807) is 0 Å². The van der Waals surface area contributed by atoms with Crippen LogP contribution in [0.15, 0.2) is 0 Å². The number of carbonyl (C=O) groups is 1. The lowest BCUT2D eigenvalue weighted by Crippen LogP contribution is -2.12. The van der Waals surface area contributed by atoms with Crippen molar-refractivity contribution in [1.82, 2.24) is 0 Å². The Hall–Kier alpha value is -0.0700. The van der Waals surface area contributed by atoms with Crippen molar-refractivity contribution in [2.24, 2.45) is 0 Å². The van der Waals surface area contributed by atoms with Gasteiger partial charge in [0.25, 0.3) is 5.12 Å². The highest BCUT2D eigenvalue weighted by atomic mass is 32.2. The normalized spacial score (nSPS) is 11.4. The van der Waals surface area contributed by atoms with E-state index in [1.165, 1.54) is 0 Å². The third kappa shape index (κ3) is 3.86. The molecule has 0 heterocycles. The molecule has 0 amide bonds. The lowest BCUT2D eigenvalue weighted by molar-refractivity contribution is -0.112. The first kappa shape index (κ1) is 9.93. The van der Waals surface area contributed by atoms with E-state index in [-0.39, 0.29) is 6.42 Å². The van der Waals surface area contributed by atoms with Gasteiger partial charge in [0.05, 0.1) is 0 Å². The summed E-state index contributed by atoms with van der Waals surface area (Å²) in [6, 6.07) is 0. The van der Waals surface area contributed by atoms with Crippen molar-refractivity contribution in [2.45, 2.75) is 12.8 Å². The molecule has 0 aromatic rings. The van der Waals surface area contributed by atoms with Gasteiger partial charge in [-0.25, -0.2) is 0 Å². The number of rotatable bonds is 3. The second-order valence-electron chi connectivity index (χ2n) is 1.67. The summed E-state index contributed by atoms with van der Waals surface area (Å²) in [5.41, 5.74) is 0. The molecule has 0 bridgehead atoms. The molecular weight excluding hydrogens is 176 g/mol. The van der Waals surface area contributed by atoms with E-state index >= 15 is 0 Å². The first-order valence-corrected chi connectivity index (χ1v) is 4.67. The van der Waals surface area contributed by atoms with Crippen molar-refractivity contribution < 1.29 is 17.8 Å². The fourth-order valence-corrected chi connectivity index (χ4v) is 0.913. The number of carbonyl (C=O) groups excluding carboxylic acids is 1. The van der Waals surface area contributed by atoms with Gasteiger partial charge >= 0.3 is 10.1 Å². The summed E-state index contributed by atoms with van der Waals surface area (Å²) < 4.78 is 28.1. The predicted octanol–water partition coefficient (Wildman–Crippen LogP) is 0.111. The molecule has 10 heavy (non-hydrogen) atoms. The molecular formula is C4H8O4S2. The Balaban J connectivity index is 3.88. The fraction of sp³-hybridized carbons (Fsp3) is 0.750. The average molecular weight is 184 g/mol. The highest BCUT2D eigenvalue weighted by Gasteiger charge is 2.16. The van der Waals surface area contributed by atoms with Crippen LogP contribution in [-0.4, -0.2) is 23.8 Å². The molecule has 0 aliphatic carbocycles. The summed E-state index contributed by atoms with van der Waals surface area (Å²) in [4.78, 5) is 10.4. The molecule has 0 saturated heterocycles. The maximum Gasteiger partial charge on any atom is 0.328 e.